The Morgan fingerprint density at radius 2 is 2.11 bits per heavy atom. The van der Waals surface area contributed by atoms with Gasteiger partial charge in [-0.25, -0.2) is 0 Å². The molecule has 0 spiro atoms. The molecular formula is C16H26N2O. The fraction of sp³-hybridized carbons (Fsp3) is 0.625. The number of rotatable bonds is 9. The molecule has 0 amide bonds. The summed E-state index contributed by atoms with van der Waals surface area (Å²) in [6.45, 7) is 6.03. The molecule has 0 radical (unpaired) electrons. The molecule has 0 atom stereocenters. The summed E-state index contributed by atoms with van der Waals surface area (Å²) in [5.74, 6) is 0. The summed E-state index contributed by atoms with van der Waals surface area (Å²) in [5.41, 5.74) is 2.78. The van der Waals surface area contributed by atoms with Gasteiger partial charge in [-0.1, -0.05) is 25.1 Å². The molecule has 0 bridgehead atoms. The minimum atomic E-state index is 0.725. The molecule has 1 aliphatic rings. The second kappa shape index (κ2) is 7.51. The minimum absolute atomic E-state index is 0.725. The van der Waals surface area contributed by atoms with E-state index in [1.54, 1.807) is 7.11 Å². The van der Waals surface area contributed by atoms with Gasteiger partial charge < -0.3 is 15.0 Å². The average Bonchev–Trinajstić information content (AvgIpc) is 3.26. The van der Waals surface area contributed by atoms with Gasteiger partial charge in [0.05, 0.1) is 6.61 Å². The lowest BCUT2D eigenvalue weighted by Crippen LogP contribution is -2.31. The van der Waals surface area contributed by atoms with Crippen molar-refractivity contribution < 1.29 is 4.74 Å². The fourth-order valence-corrected chi connectivity index (χ4v) is 2.42. The number of hydrogen-bond acceptors (Lipinski definition) is 3. The Labute approximate surface area is 116 Å². The van der Waals surface area contributed by atoms with Crippen molar-refractivity contribution in [3.05, 3.63) is 29.8 Å². The Morgan fingerprint density at radius 1 is 1.32 bits per heavy atom. The van der Waals surface area contributed by atoms with E-state index in [9.17, 15) is 0 Å². The Kier molecular flexibility index (Phi) is 5.67. The highest BCUT2D eigenvalue weighted by molar-refractivity contribution is 5.55. The summed E-state index contributed by atoms with van der Waals surface area (Å²) in [7, 11) is 1.78. The van der Waals surface area contributed by atoms with E-state index >= 15 is 0 Å². The molecule has 0 aliphatic heterocycles. The highest BCUT2D eigenvalue weighted by Gasteiger charge is 2.29. The molecule has 0 unspecified atom stereocenters. The zero-order chi connectivity index (χ0) is 13.5. The highest BCUT2D eigenvalue weighted by atomic mass is 16.5. The molecule has 1 aliphatic carbocycles. The van der Waals surface area contributed by atoms with E-state index in [0.29, 0.717) is 0 Å². The lowest BCUT2D eigenvalue weighted by Gasteiger charge is -2.27. The van der Waals surface area contributed by atoms with Crippen LogP contribution in [0, 0.1) is 0 Å². The van der Waals surface area contributed by atoms with Crippen LogP contribution in [0.5, 0.6) is 0 Å². The predicted octanol–water partition coefficient (Wildman–Crippen LogP) is 2.80. The zero-order valence-corrected chi connectivity index (χ0v) is 12.2. The molecule has 0 aromatic heterocycles. The maximum absolute atomic E-state index is 5.25. The fourth-order valence-electron chi connectivity index (χ4n) is 2.42. The maximum Gasteiger partial charge on any atom is 0.0637 e. The van der Waals surface area contributed by atoms with Gasteiger partial charge in [-0.2, -0.15) is 0 Å². The van der Waals surface area contributed by atoms with Crippen molar-refractivity contribution in [2.24, 2.45) is 0 Å². The average molecular weight is 262 g/mol. The number of ether oxygens (including phenoxy) is 1. The molecule has 106 valence electrons. The van der Waals surface area contributed by atoms with Crippen LogP contribution in [0.4, 0.5) is 5.69 Å². The Balaban J connectivity index is 2.06. The first-order valence-corrected chi connectivity index (χ1v) is 7.41. The summed E-state index contributed by atoms with van der Waals surface area (Å²) in [5, 5.41) is 3.50. The van der Waals surface area contributed by atoms with E-state index in [1.165, 1.54) is 30.5 Å². The highest BCUT2D eigenvalue weighted by Crippen LogP contribution is 2.33. The van der Waals surface area contributed by atoms with Crippen molar-refractivity contribution in [1.82, 2.24) is 5.32 Å². The molecule has 3 heteroatoms. The number of hydrogen-bond donors (Lipinski definition) is 1. The number of para-hydroxylation sites is 1. The summed E-state index contributed by atoms with van der Waals surface area (Å²) in [6.07, 6.45) is 3.82. The van der Waals surface area contributed by atoms with E-state index in [2.05, 4.69) is 41.4 Å². The topological polar surface area (TPSA) is 24.5 Å². The SMILES string of the molecule is CCCNCc1ccccc1N(CCOC)C1CC1. The molecule has 1 N–H and O–H groups in total. The van der Waals surface area contributed by atoms with Crippen molar-refractivity contribution in [1.29, 1.82) is 0 Å². The summed E-state index contributed by atoms with van der Waals surface area (Å²) >= 11 is 0. The zero-order valence-electron chi connectivity index (χ0n) is 12.2. The normalized spacial score (nSPS) is 14.6. The smallest absolute Gasteiger partial charge is 0.0637 e. The molecule has 1 fully saturated rings. The number of nitrogens with zero attached hydrogens (tertiary/aromatic N) is 1. The standard InChI is InChI=1S/C16H26N2O/c1-3-10-17-13-14-6-4-5-7-16(14)18(11-12-19-2)15-8-9-15/h4-7,15,17H,3,8-13H2,1-2H3. The first-order chi connectivity index (χ1) is 9.36. The van der Waals surface area contributed by atoms with Crippen LogP contribution in [0.1, 0.15) is 31.7 Å². The third kappa shape index (κ3) is 4.22. The third-order valence-electron chi connectivity index (χ3n) is 3.57. The van der Waals surface area contributed by atoms with Crippen LogP contribution in [0.3, 0.4) is 0 Å². The molecule has 0 heterocycles. The van der Waals surface area contributed by atoms with Crippen LogP contribution in [-0.2, 0) is 11.3 Å². The van der Waals surface area contributed by atoms with Crippen molar-refractivity contribution in [3.8, 4) is 0 Å². The van der Waals surface area contributed by atoms with Crippen molar-refractivity contribution in [2.45, 2.75) is 38.8 Å². The predicted molar refractivity (Wildman–Crippen MR) is 80.7 cm³/mol. The van der Waals surface area contributed by atoms with Gasteiger partial charge in [0.15, 0.2) is 0 Å². The Morgan fingerprint density at radius 3 is 2.79 bits per heavy atom. The van der Waals surface area contributed by atoms with Crippen LogP contribution in [0.2, 0.25) is 0 Å². The number of benzene rings is 1. The third-order valence-corrected chi connectivity index (χ3v) is 3.57. The molecule has 0 saturated heterocycles. The van der Waals surface area contributed by atoms with Crippen molar-refractivity contribution >= 4 is 5.69 Å². The van der Waals surface area contributed by atoms with Crippen LogP contribution in [0.25, 0.3) is 0 Å². The first-order valence-electron chi connectivity index (χ1n) is 7.41. The lowest BCUT2D eigenvalue weighted by molar-refractivity contribution is 0.205. The summed E-state index contributed by atoms with van der Waals surface area (Å²) in [4.78, 5) is 2.52. The van der Waals surface area contributed by atoms with Gasteiger partial charge in [-0.05, 0) is 37.4 Å². The largest absolute Gasteiger partial charge is 0.383 e. The first kappa shape index (κ1) is 14.4. The molecule has 2 rings (SSSR count). The second-order valence-electron chi connectivity index (χ2n) is 5.22. The van der Waals surface area contributed by atoms with Gasteiger partial charge >= 0.3 is 0 Å². The van der Waals surface area contributed by atoms with Gasteiger partial charge in [0, 0.05) is 31.9 Å². The summed E-state index contributed by atoms with van der Waals surface area (Å²) < 4.78 is 5.25. The van der Waals surface area contributed by atoms with E-state index in [0.717, 1.165) is 32.3 Å². The Bertz CT molecular complexity index is 377. The molecule has 1 aromatic rings. The van der Waals surface area contributed by atoms with Gasteiger partial charge in [0.2, 0.25) is 0 Å². The molecule has 3 nitrogen and oxygen atoms in total. The second-order valence-corrected chi connectivity index (χ2v) is 5.22. The molecule has 1 saturated carbocycles. The van der Waals surface area contributed by atoms with E-state index in [4.69, 9.17) is 4.74 Å². The quantitative estimate of drug-likeness (QED) is 0.693. The van der Waals surface area contributed by atoms with Crippen LogP contribution < -0.4 is 10.2 Å². The van der Waals surface area contributed by atoms with Gasteiger partial charge in [0.25, 0.3) is 0 Å². The molecule has 19 heavy (non-hydrogen) atoms. The number of anilines is 1. The Hall–Kier alpha value is -1.06. The van der Waals surface area contributed by atoms with Gasteiger partial charge in [0.1, 0.15) is 0 Å². The number of methoxy groups -OCH3 is 1. The lowest BCUT2D eigenvalue weighted by atomic mass is 10.1. The molecular weight excluding hydrogens is 236 g/mol. The summed E-state index contributed by atoms with van der Waals surface area (Å²) in [6, 6.07) is 9.48. The minimum Gasteiger partial charge on any atom is -0.383 e. The van der Waals surface area contributed by atoms with Crippen LogP contribution >= 0.6 is 0 Å². The maximum atomic E-state index is 5.25. The van der Waals surface area contributed by atoms with Crippen molar-refractivity contribution in [2.75, 3.05) is 31.7 Å². The van der Waals surface area contributed by atoms with E-state index < -0.39 is 0 Å². The van der Waals surface area contributed by atoms with Crippen molar-refractivity contribution in [3.63, 3.8) is 0 Å². The molecule has 1 aromatic carbocycles. The van der Waals surface area contributed by atoms with Crippen LogP contribution in [-0.4, -0.2) is 32.8 Å². The van der Waals surface area contributed by atoms with E-state index in [-0.39, 0.29) is 0 Å². The number of nitrogens with one attached hydrogen (secondary N) is 1. The van der Waals surface area contributed by atoms with E-state index in [1.807, 2.05) is 0 Å². The monoisotopic (exact) mass is 262 g/mol. The van der Waals surface area contributed by atoms with Gasteiger partial charge in [-0.15, -0.1) is 0 Å². The van der Waals surface area contributed by atoms with Crippen LogP contribution in [0.15, 0.2) is 24.3 Å². The van der Waals surface area contributed by atoms with Gasteiger partial charge in [-0.3, -0.25) is 0 Å².